The summed E-state index contributed by atoms with van der Waals surface area (Å²) in [6, 6.07) is 0. The summed E-state index contributed by atoms with van der Waals surface area (Å²) in [6.07, 6.45) is 0. The molecule has 0 unspecified atom stereocenters. The van der Waals surface area contributed by atoms with E-state index in [0.717, 1.165) is 0 Å². The minimum Gasteiger partial charge on any atom is -0.478 e. The standard InChI is InChI=1S/C4H6O2.CH2O/c1-3(2)4(5)6;1-2/h1H2,2H3,(H,5,6);1H2. The SMILES string of the molecule is C=C(C)C(=O)O.C=O. The van der Waals surface area contributed by atoms with Crippen LogP contribution in [0.3, 0.4) is 0 Å². The lowest BCUT2D eigenvalue weighted by Crippen LogP contribution is -1.92. The summed E-state index contributed by atoms with van der Waals surface area (Å²) in [6.45, 7) is 6.60. The fraction of sp³-hybridized carbons (Fsp3) is 0.200. The van der Waals surface area contributed by atoms with Gasteiger partial charge in [0.2, 0.25) is 0 Å². The highest BCUT2D eigenvalue weighted by Gasteiger charge is 1.90. The van der Waals surface area contributed by atoms with E-state index in [-0.39, 0.29) is 5.57 Å². The molecule has 0 amide bonds. The molecule has 0 aliphatic carbocycles. The van der Waals surface area contributed by atoms with Gasteiger partial charge in [0.15, 0.2) is 0 Å². The van der Waals surface area contributed by atoms with Crippen molar-refractivity contribution >= 4 is 12.8 Å². The summed E-state index contributed by atoms with van der Waals surface area (Å²) in [5.41, 5.74) is 0.176. The summed E-state index contributed by atoms with van der Waals surface area (Å²) >= 11 is 0. The highest BCUT2D eigenvalue weighted by Crippen LogP contribution is 1.81. The molecule has 0 bridgehead atoms. The van der Waals surface area contributed by atoms with Gasteiger partial charge in [-0.2, -0.15) is 0 Å². The lowest BCUT2D eigenvalue weighted by atomic mass is 10.4. The van der Waals surface area contributed by atoms with E-state index >= 15 is 0 Å². The van der Waals surface area contributed by atoms with Crippen molar-refractivity contribution < 1.29 is 14.7 Å². The van der Waals surface area contributed by atoms with Crippen molar-refractivity contribution in [1.82, 2.24) is 0 Å². The fourth-order valence-corrected chi connectivity index (χ4v) is 0. The summed E-state index contributed by atoms with van der Waals surface area (Å²) in [5, 5.41) is 7.89. The van der Waals surface area contributed by atoms with Gasteiger partial charge in [0.1, 0.15) is 6.79 Å². The number of aliphatic carboxylic acids is 1. The highest BCUT2D eigenvalue weighted by molar-refractivity contribution is 5.84. The minimum atomic E-state index is -0.935. The van der Waals surface area contributed by atoms with Crippen LogP contribution >= 0.6 is 0 Å². The van der Waals surface area contributed by atoms with Crippen LogP contribution in [0.4, 0.5) is 0 Å². The van der Waals surface area contributed by atoms with Gasteiger partial charge in [0.25, 0.3) is 0 Å². The first-order chi connectivity index (χ1) is 3.64. The van der Waals surface area contributed by atoms with Gasteiger partial charge in [-0.25, -0.2) is 4.79 Å². The van der Waals surface area contributed by atoms with Crippen molar-refractivity contribution in [3.8, 4) is 0 Å². The van der Waals surface area contributed by atoms with E-state index in [1.54, 1.807) is 0 Å². The van der Waals surface area contributed by atoms with Crippen LogP contribution < -0.4 is 0 Å². The van der Waals surface area contributed by atoms with Crippen molar-refractivity contribution in [2.45, 2.75) is 6.92 Å². The van der Waals surface area contributed by atoms with E-state index in [1.165, 1.54) is 6.92 Å². The summed E-state index contributed by atoms with van der Waals surface area (Å²) in [7, 11) is 0. The molecular formula is C5H8O3. The Labute approximate surface area is 47.6 Å². The van der Waals surface area contributed by atoms with Gasteiger partial charge in [-0.15, -0.1) is 0 Å². The van der Waals surface area contributed by atoms with Gasteiger partial charge in [0, 0.05) is 5.57 Å². The quantitative estimate of drug-likeness (QED) is 0.506. The smallest absolute Gasteiger partial charge is 0.330 e. The molecule has 0 aromatic rings. The van der Waals surface area contributed by atoms with Crippen molar-refractivity contribution in [1.29, 1.82) is 0 Å². The van der Waals surface area contributed by atoms with Crippen molar-refractivity contribution in [2.75, 3.05) is 0 Å². The summed E-state index contributed by atoms with van der Waals surface area (Å²) < 4.78 is 0. The molecule has 0 saturated heterocycles. The topological polar surface area (TPSA) is 54.4 Å². The zero-order chi connectivity index (χ0) is 7.15. The van der Waals surface area contributed by atoms with E-state index in [1.807, 2.05) is 6.79 Å². The number of carboxylic acids is 1. The van der Waals surface area contributed by atoms with Crippen LogP contribution in [0.25, 0.3) is 0 Å². The zero-order valence-electron chi connectivity index (χ0n) is 4.68. The Morgan fingerprint density at radius 2 is 1.62 bits per heavy atom. The van der Waals surface area contributed by atoms with E-state index in [4.69, 9.17) is 9.90 Å². The Morgan fingerprint density at radius 3 is 1.62 bits per heavy atom. The molecule has 0 aliphatic heterocycles. The average molecular weight is 116 g/mol. The predicted octanol–water partition coefficient (Wildman–Crippen LogP) is 0.462. The van der Waals surface area contributed by atoms with Crippen LogP contribution in [0.2, 0.25) is 0 Å². The van der Waals surface area contributed by atoms with Gasteiger partial charge >= 0.3 is 5.97 Å². The Balaban J connectivity index is 0. The number of hydrogen-bond acceptors (Lipinski definition) is 2. The van der Waals surface area contributed by atoms with Gasteiger partial charge < -0.3 is 9.90 Å². The molecular weight excluding hydrogens is 108 g/mol. The molecule has 0 aromatic carbocycles. The van der Waals surface area contributed by atoms with Crippen LogP contribution in [0.15, 0.2) is 12.2 Å². The lowest BCUT2D eigenvalue weighted by Gasteiger charge is -1.79. The molecule has 3 nitrogen and oxygen atoms in total. The van der Waals surface area contributed by atoms with Crippen molar-refractivity contribution in [2.24, 2.45) is 0 Å². The molecule has 3 heteroatoms. The maximum absolute atomic E-state index is 9.60. The van der Waals surface area contributed by atoms with Gasteiger partial charge in [-0.1, -0.05) is 6.58 Å². The largest absolute Gasteiger partial charge is 0.478 e. The van der Waals surface area contributed by atoms with Gasteiger partial charge in [-0.3, -0.25) is 0 Å². The maximum atomic E-state index is 9.60. The maximum Gasteiger partial charge on any atom is 0.330 e. The summed E-state index contributed by atoms with van der Waals surface area (Å²) in [4.78, 5) is 17.6. The average Bonchev–Trinajstić information content (AvgIpc) is 1.72. The Bertz CT molecular complexity index is 83.8. The predicted molar refractivity (Wildman–Crippen MR) is 29.6 cm³/mol. The molecule has 0 rings (SSSR count). The second-order valence-corrected chi connectivity index (χ2v) is 1.09. The third-order valence-electron chi connectivity index (χ3n) is 0.365. The Morgan fingerprint density at radius 1 is 1.50 bits per heavy atom. The number of carboxylic acid groups (broad SMARTS) is 1. The summed E-state index contributed by atoms with van der Waals surface area (Å²) in [5.74, 6) is -0.935. The van der Waals surface area contributed by atoms with Crippen LogP contribution in [-0.4, -0.2) is 17.9 Å². The van der Waals surface area contributed by atoms with Crippen LogP contribution in [0.5, 0.6) is 0 Å². The molecule has 8 heavy (non-hydrogen) atoms. The molecule has 0 atom stereocenters. The zero-order valence-corrected chi connectivity index (χ0v) is 4.68. The van der Waals surface area contributed by atoms with E-state index < -0.39 is 5.97 Å². The minimum absolute atomic E-state index is 0.176. The first-order valence-electron chi connectivity index (χ1n) is 1.82. The number of carbonyl (C=O) groups excluding carboxylic acids is 1. The first kappa shape index (κ1) is 9.99. The lowest BCUT2D eigenvalue weighted by molar-refractivity contribution is -0.132. The monoisotopic (exact) mass is 116 g/mol. The number of rotatable bonds is 1. The van der Waals surface area contributed by atoms with Crippen molar-refractivity contribution in [3.63, 3.8) is 0 Å². The fourth-order valence-electron chi connectivity index (χ4n) is 0. The second-order valence-electron chi connectivity index (χ2n) is 1.09. The highest BCUT2D eigenvalue weighted by atomic mass is 16.4. The molecule has 0 aromatic heterocycles. The molecule has 1 N–H and O–H groups in total. The second kappa shape index (κ2) is 5.88. The number of hydrogen-bond donors (Lipinski definition) is 1. The van der Waals surface area contributed by atoms with E-state index in [2.05, 4.69) is 6.58 Å². The van der Waals surface area contributed by atoms with Crippen molar-refractivity contribution in [3.05, 3.63) is 12.2 Å². The molecule has 0 saturated carbocycles. The molecule has 0 aliphatic rings. The van der Waals surface area contributed by atoms with Crippen LogP contribution in [0, 0.1) is 0 Å². The Kier molecular flexibility index (Phi) is 7.34. The Hall–Kier alpha value is -1.12. The number of carbonyl (C=O) groups is 2. The molecule has 0 radical (unpaired) electrons. The van der Waals surface area contributed by atoms with Gasteiger partial charge in [0.05, 0.1) is 0 Å². The van der Waals surface area contributed by atoms with Crippen LogP contribution in [-0.2, 0) is 9.59 Å². The molecule has 0 fully saturated rings. The van der Waals surface area contributed by atoms with E-state index in [9.17, 15) is 4.79 Å². The molecule has 0 heterocycles. The third-order valence-corrected chi connectivity index (χ3v) is 0.365. The third kappa shape index (κ3) is 8.86. The normalized spacial score (nSPS) is 6.12. The first-order valence-corrected chi connectivity index (χ1v) is 1.82. The van der Waals surface area contributed by atoms with E-state index in [0.29, 0.717) is 0 Å². The van der Waals surface area contributed by atoms with Gasteiger partial charge in [-0.05, 0) is 6.92 Å². The van der Waals surface area contributed by atoms with Crippen LogP contribution in [0.1, 0.15) is 6.92 Å². The molecule has 0 spiro atoms. The molecule has 46 valence electrons.